The first-order valence-corrected chi connectivity index (χ1v) is 7.98. The maximum Gasteiger partial charge on any atom is 0.387 e. The fourth-order valence-corrected chi connectivity index (χ4v) is 2.27. The van der Waals surface area contributed by atoms with E-state index in [4.69, 9.17) is 16.3 Å². The number of benzene rings is 1. The number of pyridine rings is 1. The molecule has 6 nitrogen and oxygen atoms in total. The molecule has 0 radical (unpaired) electrons. The number of aromatic nitrogens is 1. The van der Waals surface area contributed by atoms with Gasteiger partial charge in [-0.1, -0.05) is 11.6 Å². The van der Waals surface area contributed by atoms with E-state index in [0.717, 1.165) is 0 Å². The third kappa shape index (κ3) is 5.73. The molecule has 0 saturated carbocycles. The van der Waals surface area contributed by atoms with E-state index in [1.807, 2.05) is 0 Å². The van der Waals surface area contributed by atoms with Crippen molar-refractivity contribution in [2.24, 2.45) is 0 Å². The minimum Gasteiger partial charge on any atom is -0.497 e. The Hall–Kier alpha value is -2.61. The van der Waals surface area contributed by atoms with Crippen LogP contribution in [0.4, 0.5) is 14.6 Å². The molecule has 1 aromatic heterocycles. The number of nitrogens with zero attached hydrogens (tertiary/aromatic N) is 2. The molecule has 0 saturated heterocycles. The SMILES string of the molecule is COc1ccc(CNC(=O)CN(C)c2ccc(Cl)cn2)c(OC(F)F)c1. The number of amides is 1. The molecule has 0 bridgehead atoms. The van der Waals surface area contributed by atoms with Gasteiger partial charge in [0.1, 0.15) is 17.3 Å². The lowest BCUT2D eigenvalue weighted by molar-refractivity contribution is -0.119. The molecule has 0 fully saturated rings. The molecule has 0 unspecified atom stereocenters. The molecule has 1 amide bonds. The predicted octanol–water partition coefficient (Wildman–Crippen LogP) is 3.10. The summed E-state index contributed by atoms with van der Waals surface area (Å²) in [5.41, 5.74) is 0.409. The fraction of sp³-hybridized carbons (Fsp3) is 0.294. The number of halogens is 3. The predicted molar refractivity (Wildman–Crippen MR) is 94.0 cm³/mol. The van der Waals surface area contributed by atoms with Crippen molar-refractivity contribution in [2.75, 3.05) is 25.6 Å². The Labute approximate surface area is 154 Å². The molecule has 0 atom stereocenters. The number of carbonyl (C=O) groups is 1. The topological polar surface area (TPSA) is 63.7 Å². The van der Waals surface area contributed by atoms with Gasteiger partial charge in [-0.05, 0) is 24.3 Å². The number of alkyl halides is 2. The van der Waals surface area contributed by atoms with Gasteiger partial charge in [-0.25, -0.2) is 4.98 Å². The largest absolute Gasteiger partial charge is 0.497 e. The second-order valence-electron chi connectivity index (χ2n) is 5.32. The number of rotatable bonds is 8. The normalized spacial score (nSPS) is 10.5. The van der Waals surface area contributed by atoms with E-state index in [-0.39, 0.29) is 24.7 Å². The summed E-state index contributed by atoms with van der Waals surface area (Å²) < 4.78 is 34.6. The summed E-state index contributed by atoms with van der Waals surface area (Å²) >= 11 is 5.78. The molecular weight excluding hydrogens is 368 g/mol. The average molecular weight is 386 g/mol. The Morgan fingerprint density at radius 2 is 2.12 bits per heavy atom. The van der Waals surface area contributed by atoms with Gasteiger partial charge in [-0.2, -0.15) is 8.78 Å². The Bertz CT molecular complexity index is 745. The zero-order valence-electron chi connectivity index (χ0n) is 14.2. The third-order valence-corrected chi connectivity index (χ3v) is 3.67. The van der Waals surface area contributed by atoms with E-state index >= 15 is 0 Å². The monoisotopic (exact) mass is 385 g/mol. The molecule has 0 aliphatic carbocycles. The van der Waals surface area contributed by atoms with Crippen molar-refractivity contribution in [3.05, 3.63) is 47.1 Å². The van der Waals surface area contributed by atoms with Crippen molar-refractivity contribution >= 4 is 23.3 Å². The van der Waals surface area contributed by atoms with E-state index in [2.05, 4.69) is 15.0 Å². The Kier molecular flexibility index (Phi) is 6.97. The highest BCUT2D eigenvalue weighted by molar-refractivity contribution is 6.30. The van der Waals surface area contributed by atoms with Gasteiger partial charge in [0.15, 0.2) is 0 Å². The van der Waals surface area contributed by atoms with Crippen LogP contribution in [0.25, 0.3) is 0 Å². The van der Waals surface area contributed by atoms with Crippen LogP contribution in [-0.2, 0) is 11.3 Å². The van der Waals surface area contributed by atoms with Gasteiger partial charge in [0.25, 0.3) is 0 Å². The Balaban J connectivity index is 1.96. The van der Waals surface area contributed by atoms with Crippen LogP contribution in [0.3, 0.4) is 0 Å². The van der Waals surface area contributed by atoms with E-state index in [9.17, 15) is 13.6 Å². The second kappa shape index (κ2) is 9.19. The maximum absolute atomic E-state index is 12.5. The smallest absolute Gasteiger partial charge is 0.387 e. The first-order valence-electron chi connectivity index (χ1n) is 7.60. The first kappa shape index (κ1) is 19.7. The average Bonchev–Trinajstić information content (AvgIpc) is 2.60. The van der Waals surface area contributed by atoms with Crippen LogP contribution < -0.4 is 19.7 Å². The maximum atomic E-state index is 12.5. The number of hydrogen-bond donors (Lipinski definition) is 1. The van der Waals surface area contributed by atoms with E-state index in [1.54, 1.807) is 36.2 Å². The molecular formula is C17H18ClF2N3O3. The minimum atomic E-state index is -2.97. The van der Waals surface area contributed by atoms with Gasteiger partial charge >= 0.3 is 6.61 Å². The van der Waals surface area contributed by atoms with Gasteiger partial charge in [-0.3, -0.25) is 4.79 Å². The van der Waals surface area contributed by atoms with Gasteiger partial charge in [-0.15, -0.1) is 0 Å². The summed E-state index contributed by atoms with van der Waals surface area (Å²) in [6, 6.07) is 7.86. The van der Waals surface area contributed by atoms with Gasteiger partial charge in [0, 0.05) is 31.4 Å². The van der Waals surface area contributed by atoms with Gasteiger partial charge in [0.05, 0.1) is 18.7 Å². The first-order chi connectivity index (χ1) is 12.4. The highest BCUT2D eigenvalue weighted by Gasteiger charge is 2.13. The number of methoxy groups -OCH3 is 1. The third-order valence-electron chi connectivity index (χ3n) is 3.45. The molecule has 1 N–H and O–H groups in total. The molecule has 1 aromatic carbocycles. The van der Waals surface area contributed by atoms with Crippen LogP contribution >= 0.6 is 11.6 Å². The summed E-state index contributed by atoms with van der Waals surface area (Å²) in [4.78, 5) is 17.9. The van der Waals surface area contributed by atoms with Crippen LogP contribution in [-0.4, -0.2) is 38.2 Å². The number of carbonyl (C=O) groups excluding carboxylic acids is 1. The molecule has 0 aliphatic rings. The molecule has 9 heteroatoms. The highest BCUT2D eigenvalue weighted by Crippen LogP contribution is 2.26. The molecule has 140 valence electrons. The fourth-order valence-electron chi connectivity index (χ4n) is 2.15. The van der Waals surface area contributed by atoms with E-state index in [1.165, 1.54) is 19.4 Å². The highest BCUT2D eigenvalue weighted by atomic mass is 35.5. The lowest BCUT2D eigenvalue weighted by Crippen LogP contribution is -2.35. The van der Waals surface area contributed by atoms with Crippen molar-refractivity contribution in [3.8, 4) is 11.5 Å². The van der Waals surface area contributed by atoms with Crippen LogP contribution in [0.2, 0.25) is 5.02 Å². The summed E-state index contributed by atoms with van der Waals surface area (Å²) in [5, 5.41) is 3.16. The number of hydrogen-bond acceptors (Lipinski definition) is 5. The van der Waals surface area contributed by atoms with Crippen LogP contribution in [0.15, 0.2) is 36.5 Å². The summed E-state index contributed by atoms with van der Waals surface area (Å²) in [6.45, 7) is -2.90. The van der Waals surface area contributed by atoms with Crippen molar-refractivity contribution in [1.82, 2.24) is 10.3 Å². The molecule has 26 heavy (non-hydrogen) atoms. The van der Waals surface area contributed by atoms with Crippen LogP contribution in [0, 0.1) is 0 Å². The number of likely N-dealkylation sites (N-methyl/N-ethyl adjacent to an activating group) is 1. The Morgan fingerprint density at radius 3 is 2.73 bits per heavy atom. The van der Waals surface area contributed by atoms with Crippen LogP contribution in [0.1, 0.15) is 5.56 Å². The molecule has 0 spiro atoms. The minimum absolute atomic E-state index is 0.0345. The van der Waals surface area contributed by atoms with Crippen LogP contribution in [0.5, 0.6) is 11.5 Å². The van der Waals surface area contributed by atoms with Crippen molar-refractivity contribution in [1.29, 1.82) is 0 Å². The lowest BCUT2D eigenvalue weighted by Gasteiger charge is -2.18. The molecule has 2 aromatic rings. The van der Waals surface area contributed by atoms with Crippen molar-refractivity contribution < 1.29 is 23.0 Å². The van der Waals surface area contributed by atoms with Crippen molar-refractivity contribution in [2.45, 2.75) is 13.2 Å². The molecule has 2 rings (SSSR count). The number of ether oxygens (including phenoxy) is 2. The van der Waals surface area contributed by atoms with Gasteiger partial charge in [0.2, 0.25) is 5.91 Å². The van der Waals surface area contributed by atoms with Gasteiger partial charge < -0.3 is 19.7 Å². The lowest BCUT2D eigenvalue weighted by atomic mass is 10.2. The second-order valence-corrected chi connectivity index (χ2v) is 5.76. The number of nitrogens with one attached hydrogen (secondary N) is 1. The number of anilines is 1. The van der Waals surface area contributed by atoms with E-state index < -0.39 is 6.61 Å². The summed E-state index contributed by atoms with van der Waals surface area (Å²) in [6.07, 6.45) is 1.48. The molecule has 0 aliphatic heterocycles. The van der Waals surface area contributed by atoms with Crippen molar-refractivity contribution in [3.63, 3.8) is 0 Å². The summed E-state index contributed by atoms with van der Waals surface area (Å²) in [7, 11) is 3.12. The standard InChI is InChI=1S/C17H18ClF2N3O3/c1-23(15-6-4-12(18)9-21-15)10-16(24)22-8-11-3-5-13(25-2)7-14(11)26-17(19)20/h3-7,9,17H,8,10H2,1-2H3,(H,22,24). The zero-order valence-corrected chi connectivity index (χ0v) is 15.0. The quantitative estimate of drug-likeness (QED) is 0.756. The Morgan fingerprint density at radius 1 is 1.35 bits per heavy atom. The zero-order chi connectivity index (χ0) is 19.1. The summed E-state index contributed by atoms with van der Waals surface area (Å²) in [5.74, 6) is 0.607. The molecule has 1 heterocycles. The van der Waals surface area contributed by atoms with E-state index in [0.29, 0.717) is 22.2 Å².